The number of hydrogen-bond acceptors (Lipinski definition) is 5. The molecule has 3 rings (SSSR count). The second-order valence-electron chi connectivity index (χ2n) is 8.67. The van der Waals surface area contributed by atoms with Gasteiger partial charge in [-0.2, -0.15) is 0 Å². The molecule has 0 radical (unpaired) electrons. The van der Waals surface area contributed by atoms with Crippen LogP contribution in [0.25, 0.3) is 0 Å². The molecule has 0 aromatic heterocycles. The Bertz CT molecular complexity index is 1380. The van der Waals surface area contributed by atoms with E-state index in [0.29, 0.717) is 17.2 Å². The van der Waals surface area contributed by atoms with Crippen LogP contribution in [0.1, 0.15) is 24.5 Å². The Balaban J connectivity index is 2.07. The minimum atomic E-state index is -4.15. The predicted molar refractivity (Wildman–Crippen MR) is 149 cm³/mol. The lowest BCUT2D eigenvalue weighted by molar-refractivity contribution is -0.140. The first-order valence-electron chi connectivity index (χ1n) is 12.1. The van der Waals surface area contributed by atoms with Gasteiger partial charge in [0.15, 0.2) is 0 Å². The summed E-state index contributed by atoms with van der Waals surface area (Å²) in [6.07, 6.45) is 0.331. The van der Waals surface area contributed by atoms with Crippen LogP contribution >= 0.6 is 11.6 Å². The van der Waals surface area contributed by atoms with Crippen LogP contribution in [0.4, 0.5) is 5.69 Å². The fourth-order valence-electron chi connectivity index (χ4n) is 4.04. The van der Waals surface area contributed by atoms with Gasteiger partial charge in [0.05, 0.1) is 17.7 Å². The summed E-state index contributed by atoms with van der Waals surface area (Å²) in [6.45, 7) is 3.15. The molecule has 0 saturated carbocycles. The molecule has 0 spiro atoms. The molecule has 0 heterocycles. The van der Waals surface area contributed by atoms with Crippen molar-refractivity contribution in [3.63, 3.8) is 0 Å². The van der Waals surface area contributed by atoms with E-state index in [1.807, 2.05) is 6.07 Å². The van der Waals surface area contributed by atoms with Crippen LogP contribution in [-0.2, 0) is 26.2 Å². The lowest BCUT2D eigenvalue weighted by Crippen LogP contribution is -2.51. The van der Waals surface area contributed by atoms with Crippen LogP contribution in [0.3, 0.4) is 0 Å². The van der Waals surface area contributed by atoms with Crippen molar-refractivity contribution in [2.75, 3.05) is 25.0 Å². The largest absolute Gasteiger partial charge is 0.497 e. The summed E-state index contributed by atoms with van der Waals surface area (Å²) in [7, 11) is -1.11. The SMILES string of the molecule is CC[C@H](C(=O)NC)N(Cc1cccc(OC)c1)C(=O)CN(c1ccc(C)c(Cl)c1)S(=O)(=O)c1ccccc1. The number of likely N-dealkylation sites (N-methyl/N-ethyl adjacent to an activating group) is 1. The number of nitrogens with one attached hydrogen (secondary N) is 1. The van der Waals surface area contributed by atoms with E-state index in [9.17, 15) is 18.0 Å². The van der Waals surface area contributed by atoms with Crippen molar-refractivity contribution in [1.82, 2.24) is 10.2 Å². The number of anilines is 1. The molecule has 0 saturated heterocycles. The van der Waals surface area contributed by atoms with Crippen LogP contribution in [-0.4, -0.2) is 51.9 Å². The van der Waals surface area contributed by atoms with Gasteiger partial charge in [-0.1, -0.05) is 54.9 Å². The Morgan fingerprint density at radius 1 is 1.03 bits per heavy atom. The number of benzene rings is 3. The molecule has 2 amide bonds. The Kier molecular flexibility index (Phi) is 9.77. The summed E-state index contributed by atoms with van der Waals surface area (Å²) in [4.78, 5) is 28.1. The van der Waals surface area contributed by atoms with E-state index >= 15 is 0 Å². The topological polar surface area (TPSA) is 96.0 Å². The third-order valence-corrected chi connectivity index (χ3v) is 8.37. The average Bonchev–Trinajstić information content (AvgIpc) is 2.93. The summed E-state index contributed by atoms with van der Waals surface area (Å²) in [5.74, 6) is -0.287. The monoisotopic (exact) mass is 557 g/mol. The Morgan fingerprint density at radius 2 is 1.74 bits per heavy atom. The molecule has 0 unspecified atom stereocenters. The number of aryl methyl sites for hydroxylation is 1. The smallest absolute Gasteiger partial charge is 0.264 e. The molecule has 38 heavy (non-hydrogen) atoms. The zero-order chi connectivity index (χ0) is 27.9. The van der Waals surface area contributed by atoms with Crippen molar-refractivity contribution in [3.8, 4) is 5.75 Å². The van der Waals surface area contributed by atoms with Gasteiger partial charge in [-0.05, 0) is 60.9 Å². The Labute approximate surface area is 229 Å². The van der Waals surface area contributed by atoms with Gasteiger partial charge in [-0.15, -0.1) is 0 Å². The van der Waals surface area contributed by atoms with Crippen LogP contribution in [0, 0.1) is 6.92 Å². The first-order valence-corrected chi connectivity index (χ1v) is 13.9. The van der Waals surface area contributed by atoms with Gasteiger partial charge in [0.2, 0.25) is 11.8 Å². The molecule has 0 fully saturated rings. The first kappa shape index (κ1) is 29.0. The number of amides is 2. The number of carbonyl (C=O) groups is 2. The lowest BCUT2D eigenvalue weighted by Gasteiger charge is -2.33. The second kappa shape index (κ2) is 12.8. The van der Waals surface area contributed by atoms with E-state index < -0.39 is 28.5 Å². The number of rotatable bonds is 11. The van der Waals surface area contributed by atoms with E-state index in [1.54, 1.807) is 69.5 Å². The molecular formula is C28H32ClN3O5S. The van der Waals surface area contributed by atoms with Gasteiger partial charge in [0.25, 0.3) is 10.0 Å². The molecule has 1 N–H and O–H groups in total. The highest BCUT2D eigenvalue weighted by atomic mass is 35.5. The number of methoxy groups -OCH3 is 1. The second-order valence-corrected chi connectivity index (χ2v) is 10.9. The highest BCUT2D eigenvalue weighted by molar-refractivity contribution is 7.92. The molecule has 0 aliphatic heterocycles. The van der Waals surface area contributed by atoms with E-state index in [1.165, 1.54) is 30.1 Å². The van der Waals surface area contributed by atoms with Gasteiger partial charge in [-0.25, -0.2) is 8.42 Å². The van der Waals surface area contributed by atoms with Gasteiger partial charge >= 0.3 is 0 Å². The molecule has 3 aromatic rings. The minimum absolute atomic E-state index is 0.0298. The first-order chi connectivity index (χ1) is 18.1. The molecule has 202 valence electrons. The van der Waals surface area contributed by atoms with Crippen LogP contribution in [0.15, 0.2) is 77.7 Å². The molecule has 8 nitrogen and oxygen atoms in total. The third kappa shape index (κ3) is 6.65. The van der Waals surface area contributed by atoms with E-state index in [4.69, 9.17) is 16.3 Å². The van der Waals surface area contributed by atoms with Crippen LogP contribution in [0.5, 0.6) is 5.75 Å². The molecule has 0 aliphatic rings. The maximum atomic E-state index is 13.9. The Hall–Kier alpha value is -3.56. The maximum absolute atomic E-state index is 13.9. The maximum Gasteiger partial charge on any atom is 0.264 e. The summed E-state index contributed by atoms with van der Waals surface area (Å²) in [5, 5.41) is 2.98. The Morgan fingerprint density at radius 3 is 2.34 bits per heavy atom. The summed E-state index contributed by atoms with van der Waals surface area (Å²) >= 11 is 6.34. The normalized spacial score (nSPS) is 11.9. The van der Waals surface area contributed by atoms with Crippen LogP contribution in [0.2, 0.25) is 5.02 Å². The molecule has 10 heteroatoms. The zero-order valence-corrected chi connectivity index (χ0v) is 23.4. The molecule has 0 bridgehead atoms. The average molecular weight is 558 g/mol. The van der Waals surface area contributed by atoms with Crippen molar-refractivity contribution in [1.29, 1.82) is 0 Å². The van der Waals surface area contributed by atoms with Gasteiger partial charge in [0.1, 0.15) is 18.3 Å². The molecule has 3 aromatic carbocycles. The van der Waals surface area contributed by atoms with Gasteiger partial charge < -0.3 is 15.0 Å². The number of hydrogen-bond donors (Lipinski definition) is 1. The summed E-state index contributed by atoms with van der Waals surface area (Å²) in [6, 6.07) is 19.0. The number of ether oxygens (including phenoxy) is 1. The van der Waals surface area contributed by atoms with E-state index in [0.717, 1.165) is 15.4 Å². The standard InChI is InChI=1S/C28H32ClN3O5S/c1-5-26(28(34)30-3)31(18-21-10-9-11-23(16-21)37-4)27(33)19-32(22-15-14-20(2)25(29)17-22)38(35,36)24-12-7-6-8-13-24/h6-17,26H,5,18-19H2,1-4H3,(H,30,34)/t26-/m1/s1. The van der Waals surface area contributed by atoms with E-state index in [-0.39, 0.29) is 23.0 Å². The molecule has 0 aliphatic carbocycles. The van der Waals surface area contributed by atoms with Crippen LogP contribution < -0.4 is 14.4 Å². The number of sulfonamides is 1. The van der Waals surface area contributed by atoms with Crippen molar-refractivity contribution in [3.05, 3.63) is 88.9 Å². The van der Waals surface area contributed by atoms with E-state index in [2.05, 4.69) is 5.32 Å². The minimum Gasteiger partial charge on any atom is -0.497 e. The number of halogens is 1. The zero-order valence-electron chi connectivity index (χ0n) is 21.8. The number of carbonyl (C=O) groups excluding carboxylic acids is 2. The van der Waals surface area contributed by atoms with Crippen molar-refractivity contribution in [2.24, 2.45) is 0 Å². The third-order valence-electron chi connectivity index (χ3n) is 6.17. The molecular weight excluding hydrogens is 526 g/mol. The predicted octanol–water partition coefficient (Wildman–Crippen LogP) is 4.41. The molecule has 1 atom stereocenters. The van der Waals surface area contributed by atoms with Crippen molar-refractivity contribution < 1.29 is 22.7 Å². The highest BCUT2D eigenvalue weighted by Crippen LogP contribution is 2.29. The highest BCUT2D eigenvalue weighted by Gasteiger charge is 2.33. The fourth-order valence-corrected chi connectivity index (χ4v) is 5.64. The van der Waals surface area contributed by atoms with Crippen molar-refractivity contribution >= 4 is 39.1 Å². The van der Waals surface area contributed by atoms with Gasteiger partial charge in [0, 0.05) is 18.6 Å². The van der Waals surface area contributed by atoms with Gasteiger partial charge in [-0.3, -0.25) is 13.9 Å². The summed E-state index contributed by atoms with van der Waals surface area (Å²) in [5.41, 5.74) is 1.74. The quantitative estimate of drug-likeness (QED) is 0.377. The number of nitrogens with zero attached hydrogens (tertiary/aromatic N) is 2. The lowest BCUT2D eigenvalue weighted by atomic mass is 10.1. The summed E-state index contributed by atoms with van der Waals surface area (Å²) < 4.78 is 33.9. The van der Waals surface area contributed by atoms with Crippen molar-refractivity contribution in [2.45, 2.75) is 37.8 Å². The fraction of sp³-hybridized carbons (Fsp3) is 0.286.